The first kappa shape index (κ1) is 10.9. The Balaban J connectivity index is 2.75. The molecule has 0 spiro atoms. The molecule has 86 valence electrons. The van der Waals surface area contributed by atoms with Gasteiger partial charge in [0, 0.05) is 16.0 Å². The number of ether oxygens (including phenoxy) is 1. The van der Waals surface area contributed by atoms with E-state index in [-0.39, 0.29) is 17.1 Å². The van der Waals surface area contributed by atoms with Gasteiger partial charge in [-0.3, -0.25) is 0 Å². The van der Waals surface area contributed by atoms with Crippen LogP contribution in [0.2, 0.25) is 0 Å². The van der Waals surface area contributed by atoms with E-state index in [9.17, 15) is 10.2 Å². The van der Waals surface area contributed by atoms with Gasteiger partial charge >= 0.3 is 0 Å². The molecule has 1 aliphatic heterocycles. The third-order valence-corrected chi connectivity index (χ3v) is 3.06. The van der Waals surface area contributed by atoms with Crippen LogP contribution in [0.15, 0.2) is 0 Å². The highest BCUT2D eigenvalue weighted by Crippen LogP contribution is 2.37. The van der Waals surface area contributed by atoms with Crippen LogP contribution in [-0.2, 0) is 6.42 Å². The smallest absolute Gasteiger partial charge is 0.165 e. The van der Waals surface area contributed by atoms with Crippen molar-refractivity contribution in [1.82, 2.24) is 0 Å². The van der Waals surface area contributed by atoms with E-state index >= 15 is 0 Å². The highest BCUT2D eigenvalue weighted by Gasteiger charge is 2.30. The number of phenolic OH excluding ortho intramolecular Hbond substituents is 2. The molecule has 3 heteroatoms. The predicted molar refractivity (Wildman–Crippen MR) is 63.1 cm³/mol. The molecule has 2 N–H and O–H groups in total. The third kappa shape index (κ3) is 1.43. The number of fused-ring (bicyclic) bond motifs is 1. The molecule has 0 fully saturated rings. The first-order chi connectivity index (χ1) is 7.33. The number of aromatic hydroxyl groups is 2. The van der Waals surface area contributed by atoms with E-state index in [1.807, 2.05) is 13.8 Å². The molecule has 0 bridgehead atoms. The number of benzene rings is 1. The Bertz CT molecular complexity index is 544. The molecule has 0 saturated heterocycles. The summed E-state index contributed by atoms with van der Waals surface area (Å²) in [7, 11) is 0. The van der Waals surface area contributed by atoms with Gasteiger partial charge in [-0.05, 0) is 26.7 Å². The summed E-state index contributed by atoms with van der Waals surface area (Å²) in [5, 5.41) is 20.4. The van der Waals surface area contributed by atoms with Crippen molar-refractivity contribution >= 4 is 13.2 Å². The van der Waals surface area contributed by atoms with Gasteiger partial charge in [0.25, 0.3) is 0 Å². The minimum absolute atomic E-state index is 0.122. The lowest BCUT2D eigenvalue weighted by Crippen LogP contribution is -2.38. The van der Waals surface area contributed by atoms with Gasteiger partial charge < -0.3 is 14.9 Å². The van der Waals surface area contributed by atoms with Crippen LogP contribution in [0, 0.1) is 0 Å². The lowest BCUT2D eigenvalue weighted by atomic mass is 9.92. The lowest BCUT2D eigenvalue weighted by Gasteiger charge is -2.33. The van der Waals surface area contributed by atoms with Crippen LogP contribution in [0.1, 0.15) is 25.8 Å². The fourth-order valence-corrected chi connectivity index (χ4v) is 1.96. The van der Waals surface area contributed by atoms with Crippen LogP contribution in [-0.4, -0.2) is 15.8 Å². The molecular formula is C13H16O3. The quantitative estimate of drug-likeness (QED) is 0.642. The minimum Gasteiger partial charge on any atom is -0.504 e. The van der Waals surface area contributed by atoms with Crippen LogP contribution in [0.3, 0.4) is 0 Å². The minimum atomic E-state index is -0.269. The average Bonchev–Trinajstić information content (AvgIpc) is 2.22. The monoisotopic (exact) mass is 220 g/mol. The molecule has 0 radical (unpaired) electrons. The summed E-state index contributed by atoms with van der Waals surface area (Å²) in [5.74, 6) is 0.256. The van der Waals surface area contributed by atoms with Gasteiger partial charge in [-0.25, -0.2) is 0 Å². The maximum atomic E-state index is 9.82. The van der Waals surface area contributed by atoms with E-state index < -0.39 is 0 Å². The molecule has 0 atom stereocenters. The zero-order chi connectivity index (χ0) is 12.1. The highest BCUT2D eigenvalue weighted by atomic mass is 16.5. The van der Waals surface area contributed by atoms with Crippen molar-refractivity contribution < 1.29 is 14.9 Å². The van der Waals surface area contributed by atoms with Crippen molar-refractivity contribution in [3.8, 4) is 17.2 Å². The van der Waals surface area contributed by atoms with Crippen LogP contribution >= 0.6 is 0 Å². The second kappa shape index (κ2) is 3.17. The highest BCUT2D eigenvalue weighted by molar-refractivity contribution is 5.56. The molecule has 0 aliphatic carbocycles. The average molecular weight is 220 g/mol. The van der Waals surface area contributed by atoms with Gasteiger partial charge in [-0.15, -0.1) is 0 Å². The fraction of sp³-hybridized carbons (Fsp3) is 0.385. The van der Waals surface area contributed by atoms with Crippen LogP contribution in [0.4, 0.5) is 0 Å². The van der Waals surface area contributed by atoms with Gasteiger partial charge in [0.05, 0.1) is 0 Å². The summed E-state index contributed by atoms with van der Waals surface area (Å²) < 4.78 is 5.79. The molecule has 1 heterocycles. The molecule has 0 unspecified atom stereocenters. The van der Waals surface area contributed by atoms with Crippen molar-refractivity contribution in [2.24, 2.45) is 0 Å². The zero-order valence-electron chi connectivity index (χ0n) is 9.63. The van der Waals surface area contributed by atoms with Crippen LogP contribution < -0.4 is 15.2 Å². The van der Waals surface area contributed by atoms with Crippen molar-refractivity contribution in [3.05, 3.63) is 16.0 Å². The van der Waals surface area contributed by atoms with Gasteiger partial charge in [0.1, 0.15) is 11.4 Å². The van der Waals surface area contributed by atoms with E-state index in [0.29, 0.717) is 28.2 Å². The lowest BCUT2D eigenvalue weighted by molar-refractivity contribution is 0.0819. The second-order valence-corrected chi connectivity index (χ2v) is 4.82. The first-order valence-corrected chi connectivity index (χ1v) is 5.27. The topological polar surface area (TPSA) is 49.7 Å². The van der Waals surface area contributed by atoms with Crippen LogP contribution in [0.5, 0.6) is 17.2 Å². The van der Waals surface area contributed by atoms with E-state index in [0.717, 1.165) is 6.42 Å². The summed E-state index contributed by atoms with van der Waals surface area (Å²) in [6, 6.07) is 0. The standard InChI is InChI=1S/C13H16O3/c1-7-8(2)12-9(11(15)10(7)14)5-6-13(3,4)16-12/h14-15H,1-2,5-6H2,3-4H3. The molecule has 0 aromatic heterocycles. The Kier molecular flexibility index (Phi) is 2.15. The maximum Gasteiger partial charge on any atom is 0.165 e. The maximum absolute atomic E-state index is 9.82. The number of phenols is 2. The van der Waals surface area contributed by atoms with Gasteiger partial charge in [0.2, 0.25) is 0 Å². The van der Waals surface area contributed by atoms with Crippen molar-refractivity contribution in [3.63, 3.8) is 0 Å². The Hall–Kier alpha value is -1.64. The van der Waals surface area contributed by atoms with E-state index in [1.54, 1.807) is 0 Å². The molecule has 16 heavy (non-hydrogen) atoms. The number of hydrogen-bond donors (Lipinski definition) is 2. The Morgan fingerprint density at radius 2 is 1.75 bits per heavy atom. The van der Waals surface area contributed by atoms with E-state index in [4.69, 9.17) is 4.74 Å². The third-order valence-electron chi connectivity index (χ3n) is 3.06. The zero-order valence-corrected chi connectivity index (χ0v) is 9.63. The SMILES string of the molecule is C=c1c(O)c(O)c2c(c1=C)OC(C)(C)CC2. The summed E-state index contributed by atoms with van der Waals surface area (Å²) in [4.78, 5) is 0. The first-order valence-electron chi connectivity index (χ1n) is 5.27. The fourth-order valence-electron chi connectivity index (χ4n) is 1.96. The van der Waals surface area contributed by atoms with Gasteiger partial charge in [-0.1, -0.05) is 13.2 Å². The molecule has 1 aromatic rings. The van der Waals surface area contributed by atoms with Gasteiger partial charge in [0.15, 0.2) is 11.5 Å². The van der Waals surface area contributed by atoms with Crippen LogP contribution in [0.25, 0.3) is 13.2 Å². The Morgan fingerprint density at radius 3 is 2.38 bits per heavy atom. The summed E-state index contributed by atoms with van der Waals surface area (Å²) >= 11 is 0. The molecule has 0 amide bonds. The second-order valence-electron chi connectivity index (χ2n) is 4.82. The normalized spacial score (nSPS) is 17.6. The summed E-state index contributed by atoms with van der Waals surface area (Å²) in [6.45, 7) is 11.5. The molecule has 2 rings (SSSR count). The molecule has 1 aliphatic rings. The molecule has 0 saturated carbocycles. The van der Waals surface area contributed by atoms with E-state index in [1.165, 1.54) is 0 Å². The predicted octanol–water partition coefficient (Wildman–Crippen LogP) is 1.02. The Labute approximate surface area is 94.3 Å². The van der Waals surface area contributed by atoms with Crippen molar-refractivity contribution in [1.29, 1.82) is 0 Å². The van der Waals surface area contributed by atoms with Crippen molar-refractivity contribution in [2.45, 2.75) is 32.3 Å². The van der Waals surface area contributed by atoms with Crippen molar-refractivity contribution in [2.75, 3.05) is 0 Å². The Morgan fingerprint density at radius 1 is 1.12 bits per heavy atom. The molecule has 3 nitrogen and oxygen atoms in total. The molecule has 1 aromatic carbocycles. The summed E-state index contributed by atoms with van der Waals surface area (Å²) in [6.07, 6.45) is 1.47. The number of rotatable bonds is 0. The molecular weight excluding hydrogens is 204 g/mol. The largest absolute Gasteiger partial charge is 0.504 e. The summed E-state index contributed by atoms with van der Waals surface area (Å²) in [5.41, 5.74) is 0.365. The number of hydrogen-bond acceptors (Lipinski definition) is 3. The van der Waals surface area contributed by atoms with Gasteiger partial charge in [-0.2, -0.15) is 0 Å². The van der Waals surface area contributed by atoms with E-state index in [2.05, 4.69) is 13.2 Å².